The molecule has 80 valence electrons. The Morgan fingerprint density at radius 2 is 2.25 bits per heavy atom. The van der Waals surface area contributed by atoms with Crippen molar-refractivity contribution in [3.8, 4) is 0 Å². The highest BCUT2D eigenvalue weighted by molar-refractivity contribution is 5.89. The van der Waals surface area contributed by atoms with E-state index in [4.69, 9.17) is 4.84 Å². The van der Waals surface area contributed by atoms with E-state index in [9.17, 15) is 4.79 Å². The Morgan fingerprint density at radius 1 is 1.31 bits per heavy atom. The zero-order valence-electron chi connectivity index (χ0n) is 8.07. The fourth-order valence-electron chi connectivity index (χ4n) is 0.937. The van der Waals surface area contributed by atoms with E-state index in [0.29, 0.717) is 11.4 Å². The molecule has 16 heavy (non-hydrogen) atoms. The molecule has 0 aliphatic rings. The average Bonchev–Trinajstić information content (AvgIpc) is 2.38. The zero-order valence-corrected chi connectivity index (χ0v) is 8.07. The van der Waals surface area contributed by atoms with Crippen LogP contribution in [0, 0.1) is 0 Å². The highest BCUT2D eigenvalue weighted by Crippen LogP contribution is 2.01. The van der Waals surface area contributed by atoms with Crippen molar-refractivity contribution in [2.24, 2.45) is 0 Å². The van der Waals surface area contributed by atoms with E-state index in [1.807, 2.05) is 0 Å². The number of carbonyl (C=O) groups is 1. The van der Waals surface area contributed by atoms with E-state index in [0.717, 1.165) is 0 Å². The summed E-state index contributed by atoms with van der Waals surface area (Å²) in [7, 11) is 0. The number of nitrogens with one attached hydrogen (secondary N) is 1. The first kappa shape index (κ1) is 9.97. The van der Waals surface area contributed by atoms with Gasteiger partial charge in [0.2, 0.25) is 0 Å². The number of anilines is 1. The normalized spacial score (nSPS) is 9.50. The van der Waals surface area contributed by atoms with Gasteiger partial charge >= 0.3 is 5.97 Å². The Balaban J connectivity index is 1.95. The summed E-state index contributed by atoms with van der Waals surface area (Å²) >= 11 is 0. The average molecular weight is 217 g/mol. The second-order valence-corrected chi connectivity index (χ2v) is 2.74. The Bertz CT molecular complexity index is 462. The number of carbonyl (C=O) groups excluding carboxylic acids is 1. The molecule has 0 aliphatic carbocycles. The van der Waals surface area contributed by atoms with Crippen molar-refractivity contribution in [2.45, 2.75) is 0 Å². The lowest BCUT2D eigenvalue weighted by Crippen LogP contribution is -2.12. The lowest BCUT2D eigenvalue weighted by atomic mass is 10.3. The van der Waals surface area contributed by atoms with Crippen molar-refractivity contribution in [2.75, 3.05) is 5.48 Å². The molecule has 0 spiro atoms. The number of nitrogens with zero attached hydrogens (tertiary/aromatic N) is 4. The van der Waals surface area contributed by atoms with Crippen molar-refractivity contribution < 1.29 is 9.63 Å². The van der Waals surface area contributed by atoms with E-state index in [1.54, 1.807) is 18.3 Å². The van der Waals surface area contributed by atoms with Gasteiger partial charge in [0.1, 0.15) is 0 Å². The lowest BCUT2D eigenvalue weighted by Gasteiger charge is -2.03. The molecule has 1 N–H and O–H groups in total. The maximum Gasteiger partial charge on any atom is 0.364 e. The number of rotatable bonds is 3. The van der Waals surface area contributed by atoms with Crippen molar-refractivity contribution in [3.63, 3.8) is 0 Å². The summed E-state index contributed by atoms with van der Waals surface area (Å²) < 4.78 is 0. The molecule has 0 atom stereocenters. The lowest BCUT2D eigenvalue weighted by molar-refractivity contribution is 0.0594. The Kier molecular flexibility index (Phi) is 2.98. The number of hydrogen-bond donors (Lipinski definition) is 1. The van der Waals surface area contributed by atoms with Crippen LogP contribution in [0.5, 0.6) is 0 Å². The molecule has 0 fully saturated rings. The third-order valence-electron chi connectivity index (χ3n) is 1.65. The molecule has 0 unspecified atom stereocenters. The monoisotopic (exact) mass is 217 g/mol. The Labute approximate surface area is 90.4 Å². The molecule has 0 radical (unpaired) electrons. The minimum absolute atomic E-state index is 0.298. The van der Waals surface area contributed by atoms with E-state index in [2.05, 4.69) is 25.9 Å². The van der Waals surface area contributed by atoms with Crippen LogP contribution in [0.1, 0.15) is 10.4 Å². The topological polar surface area (TPSA) is 89.9 Å². The molecule has 0 aromatic carbocycles. The van der Waals surface area contributed by atoms with Gasteiger partial charge in [-0.3, -0.25) is 4.98 Å². The van der Waals surface area contributed by atoms with Crippen molar-refractivity contribution >= 4 is 11.8 Å². The molecule has 7 heteroatoms. The quantitative estimate of drug-likeness (QED) is 0.746. The summed E-state index contributed by atoms with van der Waals surface area (Å²) in [6, 6.07) is 4.75. The SMILES string of the molecule is O=C(ONc1ccnnn1)c1cccnc1. The summed E-state index contributed by atoms with van der Waals surface area (Å²) in [5, 5.41) is 10.4. The van der Waals surface area contributed by atoms with E-state index < -0.39 is 5.97 Å². The molecule has 2 rings (SSSR count). The minimum Gasteiger partial charge on any atom is -0.336 e. The van der Waals surface area contributed by atoms with E-state index >= 15 is 0 Å². The summed E-state index contributed by atoms with van der Waals surface area (Å²) in [6.45, 7) is 0. The van der Waals surface area contributed by atoms with Gasteiger partial charge in [-0.1, -0.05) is 0 Å². The Hall–Kier alpha value is -2.57. The van der Waals surface area contributed by atoms with Crippen molar-refractivity contribution in [3.05, 3.63) is 42.4 Å². The van der Waals surface area contributed by atoms with Crippen LogP contribution in [0.2, 0.25) is 0 Å². The van der Waals surface area contributed by atoms with Crippen LogP contribution in [0.15, 0.2) is 36.8 Å². The molecule has 2 aromatic rings. The summed E-state index contributed by atoms with van der Waals surface area (Å²) in [6.07, 6.45) is 4.40. The molecule has 2 heterocycles. The van der Waals surface area contributed by atoms with Crippen molar-refractivity contribution in [1.29, 1.82) is 0 Å². The number of aromatic nitrogens is 4. The fourth-order valence-corrected chi connectivity index (χ4v) is 0.937. The van der Waals surface area contributed by atoms with Crippen LogP contribution in [-0.4, -0.2) is 26.4 Å². The van der Waals surface area contributed by atoms with Gasteiger partial charge in [-0.05, 0) is 17.3 Å². The van der Waals surface area contributed by atoms with Crippen molar-refractivity contribution in [1.82, 2.24) is 20.4 Å². The highest BCUT2D eigenvalue weighted by atomic mass is 16.7. The van der Waals surface area contributed by atoms with Gasteiger partial charge in [-0.25, -0.2) is 4.79 Å². The molecule has 0 saturated heterocycles. The van der Waals surface area contributed by atoms with Gasteiger partial charge in [-0.2, -0.15) is 5.48 Å². The zero-order chi connectivity index (χ0) is 11.2. The standard InChI is InChI=1S/C9H7N5O2/c15-9(7-2-1-4-10-6-7)16-13-8-3-5-11-14-12-8/h1-6H,(H,11,12,13). The smallest absolute Gasteiger partial charge is 0.336 e. The first-order chi connectivity index (χ1) is 7.86. The molecule has 7 nitrogen and oxygen atoms in total. The van der Waals surface area contributed by atoms with Crippen LogP contribution >= 0.6 is 0 Å². The fraction of sp³-hybridized carbons (Fsp3) is 0. The molecular weight excluding hydrogens is 210 g/mol. The predicted octanol–water partition coefficient (Wildman–Crippen LogP) is 0.450. The van der Waals surface area contributed by atoms with E-state index in [1.165, 1.54) is 18.5 Å². The maximum absolute atomic E-state index is 11.4. The largest absolute Gasteiger partial charge is 0.364 e. The number of hydrogen-bond acceptors (Lipinski definition) is 7. The summed E-state index contributed by atoms with van der Waals surface area (Å²) in [4.78, 5) is 20.0. The van der Waals surface area contributed by atoms with Crippen LogP contribution < -0.4 is 5.48 Å². The second-order valence-electron chi connectivity index (χ2n) is 2.74. The molecule has 2 aromatic heterocycles. The van der Waals surface area contributed by atoms with E-state index in [-0.39, 0.29) is 0 Å². The summed E-state index contributed by atoms with van der Waals surface area (Å²) in [5.74, 6) is -0.251. The van der Waals surface area contributed by atoms with Gasteiger partial charge < -0.3 is 4.84 Å². The van der Waals surface area contributed by atoms with Gasteiger partial charge in [0.15, 0.2) is 5.82 Å². The Morgan fingerprint density at radius 3 is 2.94 bits per heavy atom. The molecule has 0 amide bonds. The maximum atomic E-state index is 11.4. The van der Waals surface area contributed by atoms with Gasteiger partial charge in [0.05, 0.1) is 11.8 Å². The molecule has 0 aliphatic heterocycles. The van der Waals surface area contributed by atoms with Gasteiger partial charge in [-0.15, -0.1) is 10.2 Å². The van der Waals surface area contributed by atoms with Crippen LogP contribution in [0.3, 0.4) is 0 Å². The minimum atomic E-state index is -0.549. The molecular formula is C9H7N5O2. The second kappa shape index (κ2) is 4.78. The van der Waals surface area contributed by atoms with Gasteiger partial charge in [0.25, 0.3) is 0 Å². The van der Waals surface area contributed by atoms with Crippen LogP contribution in [0.4, 0.5) is 5.82 Å². The van der Waals surface area contributed by atoms with Crippen LogP contribution in [-0.2, 0) is 4.84 Å². The third-order valence-corrected chi connectivity index (χ3v) is 1.65. The molecule has 0 saturated carbocycles. The highest BCUT2D eigenvalue weighted by Gasteiger charge is 2.07. The first-order valence-corrected chi connectivity index (χ1v) is 4.38. The summed E-state index contributed by atoms with van der Waals surface area (Å²) in [5.41, 5.74) is 2.70. The van der Waals surface area contributed by atoms with Crippen LogP contribution in [0.25, 0.3) is 0 Å². The first-order valence-electron chi connectivity index (χ1n) is 4.38. The number of pyridine rings is 1. The third kappa shape index (κ3) is 2.47. The molecule has 0 bridgehead atoms. The predicted molar refractivity (Wildman–Crippen MR) is 53.1 cm³/mol. The van der Waals surface area contributed by atoms with Gasteiger partial charge in [0, 0.05) is 18.5 Å².